The van der Waals surface area contributed by atoms with E-state index in [1.165, 1.54) is 3.97 Å². The summed E-state index contributed by atoms with van der Waals surface area (Å²) in [7, 11) is -2.19. The standard InChI is InChI=1S/C26H25N5O4S/c1-16(2)34-24-7-5-6-22(28-24)21-15-31(36(32,33)19-11-8-17(3)9-12-19)23-13-10-18(14-20(21)23)25-29-30-26(27-4)35-25/h5-16H,1-4H3,(H,27,30). The van der Waals surface area contributed by atoms with Crippen LogP contribution in [0.2, 0.25) is 0 Å². The van der Waals surface area contributed by atoms with Crippen LogP contribution in [0.15, 0.2) is 76.2 Å². The highest BCUT2D eigenvalue weighted by molar-refractivity contribution is 7.90. The van der Waals surface area contributed by atoms with Gasteiger partial charge in [0.2, 0.25) is 11.8 Å². The van der Waals surface area contributed by atoms with E-state index in [-0.39, 0.29) is 17.0 Å². The minimum Gasteiger partial charge on any atom is -0.475 e. The van der Waals surface area contributed by atoms with Crippen molar-refractivity contribution in [1.29, 1.82) is 0 Å². The van der Waals surface area contributed by atoms with E-state index in [1.807, 2.05) is 39.0 Å². The molecule has 0 aliphatic carbocycles. The van der Waals surface area contributed by atoms with Crippen molar-refractivity contribution in [3.63, 3.8) is 0 Å². The summed E-state index contributed by atoms with van der Waals surface area (Å²) in [5, 5.41) is 11.5. The number of aromatic nitrogens is 4. The van der Waals surface area contributed by atoms with Gasteiger partial charge in [-0.1, -0.05) is 28.9 Å². The summed E-state index contributed by atoms with van der Waals surface area (Å²) in [6.07, 6.45) is 1.54. The Labute approximate surface area is 208 Å². The molecule has 184 valence electrons. The Hall–Kier alpha value is -4.18. The minimum absolute atomic E-state index is 0.0542. The summed E-state index contributed by atoms with van der Waals surface area (Å²) in [5.41, 5.74) is 3.33. The molecule has 0 aliphatic rings. The Morgan fingerprint density at radius 3 is 2.50 bits per heavy atom. The van der Waals surface area contributed by atoms with Crippen molar-refractivity contribution in [3.05, 3.63) is 72.4 Å². The number of nitrogens with one attached hydrogen (secondary N) is 1. The van der Waals surface area contributed by atoms with Crippen molar-refractivity contribution < 1.29 is 17.6 Å². The topological polar surface area (TPSA) is 112 Å². The molecule has 0 unspecified atom stereocenters. The zero-order valence-electron chi connectivity index (χ0n) is 20.3. The highest BCUT2D eigenvalue weighted by Gasteiger charge is 2.23. The van der Waals surface area contributed by atoms with Crippen LogP contribution in [0.25, 0.3) is 33.6 Å². The molecule has 9 nitrogen and oxygen atoms in total. The molecular weight excluding hydrogens is 478 g/mol. The van der Waals surface area contributed by atoms with E-state index < -0.39 is 10.0 Å². The van der Waals surface area contributed by atoms with Crippen molar-refractivity contribution in [1.82, 2.24) is 19.2 Å². The maximum Gasteiger partial charge on any atom is 0.315 e. The zero-order chi connectivity index (χ0) is 25.4. The molecule has 5 rings (SSSR count). The number of ether oxygens (including phenoxy) is 1. The average Bonchev–Trinajstić information content (AvgIpc) is 3.49. The van der Waals surface area contributed by atoms with Gasteiger partial charge in [0.15, 0.2) is 0 Å². The maximum absolute atomic E-state index is 13.7. The number of fused-ring (bicyclic) bond motifs is 1. The number of pyridine rings is 1. The lowest BCUT2D eigenvalue weighted by Gasteiger charge is -2.09. The van der Waals surface area contributed by atoms with E-state index in [1.54, 1.807) is 55.7 Å². The quantitative estimate of drug-likeness (QED) is 0.325. The minimum atomic E-state index is -3.88. The fourth-order valence-corrected chi connectivity index (χ4v) is 5.24. The molecule has 10 heteroatoms. The third-order valence-corrected chi connectivity index (χ3v) is 7.28. The molecule has 5 aromatic rings. The lowest BCUT2D eigenvalue weighted by molar-refractivity contribution is 0.233. The molecule has 3 aromatic heterocycles. The van der Waals surface area contributed by atoms with E-state index in [4.69, 9.17) is 9.15 Å². The first-order valence-electron chi connectivity index (χ1n) is 11.4. The van der Waals surface area contributed by atoms with Gasteiger partial charge >= 0.3 is 6.01 Å². The number of aryl methyl sites for hydroxylation is 1. The lowest BCUT2D eigenvalue weighted by atomic mass is 10.1. The van der Waals surface area contributed by atoms with Crippen LogP contribution in [-0.4, -0.2) is 40.7 Å². The van der Waals surface area contributed by atoms with Crippen LogP contribution in [0.4, 0.5) is 6.01 Å². The Kier molecular flexibility index (Phi) is 5.97. The molecule has 0 aliphatic heterocycles. The molecule has 0 saturated heterocycles. The molecule has 3 heterocycles. The largest absolute Gasteiger partial charge is 0.475 e. The van der Waals surface area contributed by atoms with Gasteiger partial charge in [-0.2, -0.15) is 0 Å². The van der Waals surface area contributed by atoms with Crippen LogP contribution >= 0.6 is 0 Å². The van der Waals surface area contributed by atoms with E-state index in [2.05, 4.69) is 20.5 Å². The molecule has 0 radical (unpaired) electrons. The lowest BCUT2D eigenvalue weighted by Crippen LogP contribution is -2.11. The van der Waals surface area contributed by atoms with Gasteiger partial charge in [0.1, 0.15) is 0 Å². The molecule has 2 aromatic carbocycles. The van der Waals surface area contributed by atoms with Gasteiger partial charge in [-0.15, -0.1) is 5.10 Å². The first-order valence-corrected chi connectivity index (χ1v) is 12.8. The van der Waals surface area contributed by atoms with E-state index in [9.17, 15) is 8.42 Å². The molecule has 0 amide bonds. The summed E-state index contributed by atoms with van der Waals surface area (Å²) < 4.78 is 40.1. The van der Waals surface area contributed by atoms with Gasteiger partial charge < -0.3 is 14.5 Å². The van der Waals surface area contributed by atoms with Gasteiger partial charge in [0.05, 0.1) is 22.2 Å². The second-order valence-electron chi connectivity index (χ2n) is 8.58. The first kappa shape index (κ1) is 23.6. The predicted molar refractivity (Wildman–Crippen MR) is 138 cm³/mol. The Morgan fingerprint density at radius 1 is 1.03 bits per heavy atom. The molecule has 36 heavy (non-hydrogen) atoms. The van der Waals surface area contributed by atoms with Crippen LogP contribution in [0.3, 0.4) is 0 Å². The summed E-state index contributed by atoms with van der Waals surface area (Å²) in [6.45, 7) is 5.75. The van der Waals surface area contributed by atoms with Crippen LogP contribution < -0.4 is 10.1 Å². The fourth-order valence-electron chi connectivity index (χ4n) is 3.87. The molecule has 0 saturated carbocycles. The maximum atomic E-state index is 13.7. The second kappa shape index (κ2) is 9.12. The summed E-state index contributed by atoms with van der Waals surface area (Å²) in [5.74, 6) is 0.766. The van der Waals surface area contributed by atoms with Crippen molar-refractivity contribution in [2.75, 3.05) is 12.4 Å². The molecule has 1 N–H and O–H groups in total. The van der Waals surface area contributed by atoms with Crippen molar-refractivity contribution in [2.45, 2.75) is 31.8 Å². The molecule has 0 atom stereocenters. The van der Waals surface area contributed by atoms with Crippen LogP contribution in [-0.2, 0) is 10.0 Å². The predicted octanol–water partition coefficient (Wildman–Crippen LogP) is 5.13. The average molecular weight is 504 g/mol. The van der Waals surface area contributed by atoms with E-state index >= 15 is 0 Å². The van der Waals surface area contributed by atoms with Crippen molar-refractivity contribution >= 4 is 26.9 Å². The van der Waals surface area contributed by atoms with Crippen LogP contribution in [0, 0.1) is 6.92 Å². The molecule has 0 spiro atoms. The number of anilines is 1. The van der Waals surface area contributed by atoms with Crippen molar-refractivity contribution in [3.8, 4) is 28.6 Å². The number of hydrogen-bond donors (Lipinski definition) is 1. The summed E-state index contributed by atoms with van der Waals surface area (Å²) >= 11 is 0. The third-order valence-electron chi connectivity index (χ3n) is 5.59. The van der Waals surface area contributed by atoms with E-state index in [0.717, 1.165) is 5.56 Å². The third kappa shape index (κ3) is 4.31. The Bertz CT molecular complexity index is 1650. The van der Waals surface area contributed by atoms with Gasteiger partial charge in [-0.3, -0.25) is 0 Å². The number of nitrogens with zero attached hydrogens (tertiary/aromatic N) is 4. The highest BCUT2D eigenvalue weighted by Crippen LogP contribution is 2.35. The zero-order valence-corrected chi connectivity index (χ0v) is 21.1. The molecule has 0 fully saturated rings. The smallest absolute Gasteiger partial charge is 0.315 e. The van der Waals surface area contributed by atoms with Crippen LogP contribution in [0.1, 0.15) is 19.4 Å². The van der Waals surface area contributed by atoms with Gasteiger partial charge in [0, 0.05) is 35.8 Å². The number of hydrogen-bond acceptors (Lipinski definition) is 8. The fraction of sp³-hybridized carbons (Fsp3) is 0.192. The highest BCUT2D eigenvalue weighted by atomic mass is 32.2. The Balaban J connectivity index is 1.73. The monoisotopic (exact) mass is 503 g/mol. The summed E-state index contributed by atoms with van der Waals surface area (Å²) in [6, 6.07) is 17.8. The number of rotatable bonds is 7. The Morgan fingerprint density at radius 2 is 1.81 bits per heavy atom. The first-order chi connectivity index (χ1) is 17.3. The van der Waals surface area contributed by atoms with E-state index in [0.29, 0.717) is 39.5 Å². The van der Waals surface area contributed by atoms with Gasteiger partial charge in [0.25, 0.3) is 10.0 Å². The van der Waals surface area contributed by atoms with Crippen LogP contribution in [0.5, 0.6) is 5.88 Å². The summed E-state index contributed by atoms with van der Waals surface area (Å²) in [4.78, 5) is 4.84. The van der Waals surface area contributed by atoms with Gasteiger partial charge in [-0.05, 0) is 57.2 Å². The molecule has 0 bridgehead atoms. The second-order valence-corrected chi connectivity index (χ2v) is 10.4. The van der Waals surface area contributed by atoms with Crippen molar-refractivity contribution in [2.24, 2.45) is 0 Å². The molecular formula is C26H25N5O4S. The normalized spacial score (nSPS) is 11.8. The van der Waals surface area contributed by atoms with Gasteiger partial charge in [-0.25, -0.2) is 17.4 Å². The number of benzene rings is 2. The SMILES string of the molecule is CNc1nnc(-c2ccc3c(c2)c(-c2cccc(OC(C)C)n2)cn3S(=O)(=O)c2ccc(C)cc2)o1.